The molecule has 0 bridgehead atoms. The van der Waals surface area contributed by atoms with Gasteiger partial charge in [-0.05, 0) is 37.0 Å². The zero-order chi connectivity index (χ0) is 16.0. The molecule has 1 aromatic rings. The molecule has 4 nitrogen and oxygen atoms in total. The predicted octanol–water partition coefficient (Wildman–Crippen LogP) is 3.31. The normalized spacial score (nSPS) is 11.2. The molecule has 1 amide bonds. The molecule has 0 radical (unpaired) electrons. The number of carbonyl (C=O) groups is 2. The average Bonchev–Trinajstić information content (AvgIpc) is 2.44. The Labute approximate surface area is 134 Å². The minimum absolute atomic E-state index is 0.154. The van der Waals surface area contributed by atoms with Gasteiger partial charge >= 0.3 is 5.97 Å². The highest BCUT2D eigenvalue weighted by Gasteiger charge is 2.35. The van der Waals surface area contributed by atoms with Gasteiger partial charge in [0.1, 0.15) is 0 Å². The van der Waals surface area contributed by atoms with Crippen LogP contribution in [0.3, 0.4) is 0 Å². The maximum absolute atomic E-state index is 12.0. The Balaban J connectivity index is 2.65. The first kappa shape index (κ1) is 17.7. The zero-order valence-electron chi connectivity index (χ0n) is 12.7. The van der Waals surface area contributed by atoms with E-state index in [1.807, 2.05) is 39.0 Å². The van der Waals surface area contributed by atoms with E-state index in [1.165, 1.54) is 0 Å². The Hall–Kier alpha value is -1.36. The minimum atomic E-state index is -0.872. The van der Waals surface area contributed by atoms with Gasteiger partial charge in [0.25, 0.3) is 0 Å². The summed E-state index contributed by atoms with van der Waals surface area (Å²) in [6.45, 7) is 5.82. The van der Waals surface area contributed by atoms with Crippen LogP contribution in [-0.2, 0) is 16.0 Å². The Morgan fingerprint density at radius 3 is 2.38 bits per heavy atom. The molecule has 0 atom stereocenters. The summed E-state index contributed by atoms with van der Waals surface area (Å²) < 4.78 is 0.967. The standard InChI is InChI=1S/C16H22BrNO3/c1-4-16(5-2,15(20)21)10-18-14(19)9-12-7-6-11(3)13(17)8-12/h6-8H,4-5,9-10H2,1-3H3,(H,18,19)(H,20,21). The van der Waals surface area contributed by atoms with Crippen molar-refractivity contribution in [1.29, 1.82) is 0 Å². The number of hydrogen-bond acceptors (Lipinski definition) is 2. The maximum atomic E-state index is 12.0. The molecule has 116 valence electrons. The number of benzene rings is 1. The van der Waals surface area contributed by atoms with Crippen LogP contribution >= 0.6 is 15.9 Å². The highest BCUT2D eigenvalue weighted by atomic mass is 79.9. The fourth-order valence-corrected chi connectivity index (χ4v) is 2.57. The van der Waals surface area contributed by atoms with E-state index in [9.17, 15) is 14.7 Å². The molecule has 5 heteroatoms. The number of carboxylic acid groups (broad SMARTS) is 1. The quantitative estimate of drug-likeness (QED) is 0.788. The van der Waals surface area contributed by atoms with Crippen molar-refractivity contribution in [2.24, 2.45) is 5.41 Å². The van der Waals surface area contributed by atoms with Gasteiger partial charge in [0.2, 0.25) is 5.91 Å². The van der Waals surface area contributed by atoms with Gasteiger partial charge in [0, 0.05) is 11.0 Å². The van der Waals surface area contributed by atoms with Crippen molar-refractivity contribution >= 4 is 27.8 Å². The third-order valence-electron chi connectivity index (χ3n) is 4.03. The molecule has 0 saturated carbocycles. The lowest BCUT2D eigenvalue weighted by Crippen LogP contribution is -2.42. The molecule has 0 aromatic heterocycles. The molecule has 0 saturated heterocycles. The smallest absolute Gasteiger partial charge is 0.311 e. The van der Waals surface area contributed by atoms with Crippen LogP contribution in [0.15, 0.2) is 22.7 Å². The van der Waals surface area contributed by atoms with Gasteiger partial charge in [-0.25, -0.2) is 0 Å². The lowest BCUT2D eigenvalue weighted by atomic mass is 9.82. The molecule has 1 rings (SSSR count). The summed E-state index contributed by atoms with van der Waals surface area (Å²) in [5.41, 5.74) is 1.14. The number of aliphatic carboxylic acids is 1. The van der Waals surface area contributed by atoms with E-state index in [4.69, 9.17) is 0 Å². The van der Waals surface area contributed by atoms with Gasteiger partial charge in [-0.15, -0.1) is 0 Å². The van der Waals surface area contributed by atoms with E-state index < -0.39 is 11.4 Å². The van der Waals surface area contributed by atoms with Crippen LogP contribution in [0.2, 0.25) is 0 Å². The summed E-state index contributed by atoms with van der Waals surface area (Å²) in [7, 11) is 0. The summed E-state index contributed by atoms with van der Waals surface area (Å²) in [5, 5.41) is 12.1. The first-order chi connectivity index (χ1) is 9.84. The van der Waals surface area contributed by atoms with Gasteiger partial charge in [0.15, 0.2) is 0 Å². The molecule has 21 heavy (non-hydrogen) atoms. The average molecular weight is 356 g/mol. The molecule has 0 unspecified atom stereocenters. The number of aryl methyl sites for hydroxylation is 1. The molecule has 1 aromatic carbocycles. The van der Waals surface area contributed by atoms with Crippen molar-refractivity contribution in [3.8, 4) is 0 Å². The molecule has 0 aliphatic rings. The van der Waals surface area contributed by atoms with Gasteiger partial charge in [-0.1, -0.05) is 41.9 Å². The first-order valence-electron chi connectivity index (χ1n) is 7.09. The minimum Gasteiger partial charge on any atom is -0.481 e. The Kier molecular flexibility index (Phi) is 6.40. The molecule has 2 N–H and O–H groups in total. The highest BCUT2D eigenvalue weighted by molar-refractivity contribution is 9.10. The van der Waals surface area contributed by atoms with E-state index in [-0.39, 0.29) is 18.9 Å². The maximum Gasteiger partial charge on any atom is 0.311 e. The summed E-state index contributed by atoms with van der Waals surface area (Å²) in [6.07, 6.45) is 1.24. The zero-order valence-corrected chi connectivity index (χ0v) is 14.3. The van der Waals surface area contributed by atoms with Crippen LogP contribution < -0.4 is 5.32 Å². The van der Waals surface area contributed by atoms with Crippen LogP contribution in [0, 0.1) is 12.3 Å². The van der Waals surface area contributed by atoms with E-state index in [0.29, 0.717) is 12.8 Å². The summed E-state index contributed by atoms with van der Waals surface area (Å²) in [4.78, 5) is 23.4. The molecule has 0 fully saturated rings. The van der Waals surface area contributed by atoms with Crippen LogP contribution in [-0.4, -0.2) is 23.5 Å². The number of nitrogens with one attached hydrogen (secondary N) is 1. The van der Waals surface area contributed by atoms with Gasteiger partial charge in [0.05, 0.1) is 11.8 Å². The summed E-state index contributed by atoms with van der Waals surface area (Å²) >= 11 is 3.44. The molecule has 0 aliphatic carbocycles. The Morgan fingerprint density at radius 1 is 1.29 bits per heavy atom. The Bertz CT molecular complexity index is 524. The second kappa shape index (κ2) is 7.59. The largest absolute Gasteiger partial charge is 0.481 e. The number of halogens is 1. The third-order valence-corrected chi connectivity index (χ3v) is 4.89. The van der Waals surface area contributed by atoms with Crippen molar-refractivity contribution in [3.05, 3.63) is 33.8 Å². The molecule has 0 aliphatic heterocycles. The Morgan fingerprint density at radius 2 is 1.90 bits per heavy atom. The molecular weight excluding hydrogens is 334 g/mol. The van der Waals surface area contributed by atoms with Crippen LogP contribution in [0.4, 0.5) is 0 Å². The van der Waals surface area contributed by atoms with Gasteiger partial charge in [-0.3, -0.25) is 9.59 Å². The van der Waals surface area contributed by atoms with Crippen molar-refractivity contribution < 1.29 is 14.7 Å². The summed E-state index contributed by atoms with van der Waals surface area (Å²) in [5.74, 6) is -1.01. The first-order valence-corrected chi connectivity index (χ1v) is 7.89. The van der Waals surface area contributed by atoms with E-state index in [1.54, 1.807) is 0 Å². The number of carbonyl (C=O) groups excluding carboxylic acids is 1. The molecule has 0 heterocycles. The van der Waals surface area contributed by atoms with Gasteiger partial charge < -0.3 is 10.4 Å². The van der Waals surface area contributed by atoms with Gasteiger partial charge in [-0.2, -0.15) is 0 Å². The summed E-state index contributed by atoms with van der Waals surface area (Å²) in [6, 6.07) is 5.77. The topological polar surface area (TPSA) is 66.4 Å². The van der Waals surface area contributed by atoms with Crippen LogP contribution in [0.1, 0.15) is 37.8 Å². The molecular formula is C16H22BrNO3. The van der Waals surface area contributed by atoms with E-state index in [2.05, 4.69) is 21.2 Å². The predicted molar refractivity (Wildman–Crippen MR) is 86.2 cm³/mol. The van der Waals surface area contributed by atoms with E-state index >= 15 is 0 Å². The van der Waals surface area contributed by atoms with Crippen molar-refractivity contribution in [1.82, 2.24) is 5.32 Å². The van der Waals surface area contributed by atoms with Crippen LogP contribution in [0.25, 0.3) is 0 Å². The fourth-order valence-electron chi connectivity index (χ4n) is 2.14. The third kappa shape index (κ3) is 4.56. The number of amides is 1. The fraction of sp³-hybridized carbons (Fsp3) is 0.500. The lowest BCUT2D eigenvalue weighted by molar-refractivity contribution is -0.149. The second-order valence-electron chi connectivity index (χ2n) is 5.33. The van der Waals surface area contributed by atoms with E-state index in [0.717, 1.165) is 15.6 Å². The lowest BCUT2D eigenvalue weighted by Gasteiger charge is -2.26. The second-order valence-corrected chi connectivity index (χ2v) is 6.18. The SMILES string of the molecule is CCC(CC)(CNC(=O)Cc1ccc(C)c(Br)c1)C(=O)O. The number of rotatable bonds is 7. The highest BCUT2D eigenvalue weighted by Crippen LogP contribution is 2.25. The van der Waals surface area contributed by atoms with Crippen molar-refractivity contribution in [3.63, 3.8) is 0 Å². The number of carboxylic acids is 1. The monoisotopic (exact) mass is 355 g/mol. The van der Waals surface area contributed by atoms with Crippen molar-refractivity contribution in [2.75, 3.05) is 6.54 Å². The molecule has 0 spiro atoms. The van der Waals surface area contributed by atoms with Crippen molar-refractivity contribution in [2.45, 2.75) is 40.0 Å². The van der Waals surface area contributed by atoms with Crippen LogP contribution in [0.5, 0.6) is 0 Å². The number of hydrogen-bond donors (Lipinski definition) is 2.